The number of alkyl halides is 3. The summed E-state index contributed by atoms with van der Waals surface area (Å²) in [5.41, 5.74) is 0.613. The summed E-state index contributed by atoms with van der Waals surface area (Å²) in [7, 11) is 1.98. The van der Waals surface area contributed by atoms with Gasteiger partial charge in [0.15, 0.2) is 0 Å². The van der Waals surface area contributed by atoms with Crippen LogP contribution in [0.4, 0.5) is 18.0 Å². The number of halogens is 4. The van der Waals surface area contributed by atoms with Gasteiger partial charge in [0.1, 0.15) is 0 Å². The maximum absolute atomic E-state index is 13.5. The van der Waals surface area contributed by atoms with Crippen LogP contribution in [-0.4, -0.2) is 56.9 Å². The summed E-state index contributed by atoms with van der Waals surface area (Å²) in [5, 5.41) is 4.74. The van der Waals surface area contributed by atoms with Gasteiger partial charge >= 0.3 is 6.18 Å². The number of piperidine rings is 1. The van der Waals surface area contributed by atoms with Crippen LogP contribution in [0, 0.1) is 0 Å². The molecular weight excluding hydrogens is 513 g/mol. The van der Waals surface area contributed by atoms with E-state index in [9.17, 15) is 22.8 Å². The zero-order valence-corrected chi connectivity index (χ0v) is 20.8. The zero-order valence-electron chi connectivity index (χ0n) is 19.3. The van der Waals surface area contributed by atoms with E-state index in [2.05, 4.69) is 10.00 Å². The number of amides is 2. The monoisotopic (exact) mass is 534 g/mol. The molecule has 2 fully saturated rings. The van der Waals surface area contributed by atoms with Crippen molar-refractivity contribution in [1.82, 2.24) is 19.6 Å². The lowest BCUT2D eigenvalue weighted by atomic mass is 10.0. The SMILES string of the molecule is CN1CCCC(N2C(=O)S/C(=C\c3ccc4c(cnn4Cc4ccc(Cl)cc4C(F)(F)F)c3)C2=O)C1. The number of rotatable bonds is 4. The molecule has 1 aromatic heterocycles. The van der Waals surface area contributed by atoms with E-state index in [0.717, 1.165) is 37.2 Å². The van der Waals surface area contributed by atoms with Crippen LogP contribution >= 0.6 is 23.4 Å². The second-order valence-corrected chi connectivity index (χ2v) is 10.5. The van der Waals surface area contributed by atoms with Crippen LogP contribution in [0.15, 0.2) is 47.5 Å². The first kappa shape index (κ1) is 24.9. The molecule has 0 radical (unpaired) electrons. The van der Waals surface area contributed by atoms with Gasteiger partial charge in [-0.3, -0.25) is 19.2 Å². The Morgan fingerprint density at radius 3 is 2.75 bits per heavy atom. The summed E-state index contributed by atoms with van der Waals surface area (Å²) >= 11 is 6.72. The fourth-order valence-corrected chi connectivity index (χ4v) is 5.80. The number of carbonyl (C=O) groups is 2. The topological polar surface area (TPSA) is 58.4 Å². The third-order valence-electron chi connectivity index (χ3n) is 6.45. The van der Waals surface area contributed by atoms with Crippen molar-refractivity contribution in [1.29, 1.82) is 0 Å². The van der Waals surface area contributed by atoms with Gasteiger partial charge < -0.3 is 4.90 Å². The van der Waals surface area contributed by atoms with Gasteiger partial charge in [0.25, 0.3) is 11.1 Å². The maximum Gasteiger partial charge on any atom is 0.416 e. The number of aromatic nitrogens is 2. The summed E-state index contributed by atoms with van der Waals surface area (Å²) < 4.78 is 42.0. The van der Waals surface area contributed by atoms with E-state index in [4.69, 9.17) is 11.6 Å². The predicted octanol–water partition coefficient (Wildman–Crippen LogP) is 5.89. The van der Waals surface area contributed by atoms with Crippen molar-refractivity contribution < 1.29 is 22.8 Å². The molecule has 0 saturated carbocycles. The van der Waals surface area contributed by atoms with Crippen molar-refractivity contribution in [3.8, 4) is 0 Å². The Labute approximate surface area is 214 Å². The molecule has 3 aromatic rings. The van der Waals surface area contributed by atoms with Gasteiger partial charge in [-0.15, -0.1) is 0 Å². The second-order valence-electron chi connectivity index (χ2n) is 9.03. The summed E-state index contributed by atoms with van der Waals surface area (Å²) in [6, 6.07) is 8.87. The molecule has 2 aromatic carbocycles. The molecule has 0 N–H and O–H groups in total. The van der Waals surface area contributed by atoms with E-state index in [-0.39, 0.29) is 34.3 Å². The highest BCUT2D eigenvalue weighted by Gasteiger charge is 2.40. The Kier molecular flexibility index (Phi) is 6.61. The summed E-state index contributed by atoms with van der Waals surface area (Å²) in [4.78, 5) is 29.5. The van der Waals surface area contributed by atoms with Crippen LogP contribution in [-0.2, 0) is 17.5 Å². The number of nitrogens with zero attached hydrogens (tertiary/aromatic N) is 4. The van der Waals surface area contributed by atoms with Gasteiger partial charge in [0.2, 0.25) is 0 Å². The number of benzene rings is 2. The molecule has 1 unspecified atom stereocenters. The van der Waals surface area contributed by atoms with Crippen LogP contribution in [0.3, 0.4) is 0 Å². The van der Waals surface area contributed by atoms with Gasteiger partial charge in [-0.2, -0.15) is 18.3 Å². The Bertz CT molecular complexity index is 1390. The van der Waals surface area contributed by atoms with Crippen molar-refractivity contribution in [2.75, 3.05) is 20.1 Å². The van der Waals surface area contributed by atoms with Gasteiger partial charge in [-0.25, -0.2) is 0 Å². The number of imide groups is 1. The maximum atomic E-state index is 13.5. The van der Waals surface area contributed by atoms with Gasteiger partial charge in [-0.05, 0) is 79.7 Å². The Morgan fingerprint density at radius 2 is 2.00 bits per heavy atom. The number of hydrogen-bond donors (Lipinski definition) is 0. The molecule has 0 bridgehead atoms. The quantitative estimate of drug-likeness (QED) is 0.391. The third kappa shape index (κ3) is 4.89. The fourth-order valence-electron chi connectivity index (χ4n) is 4.73. The predicted molar refractivity (Wildman–Crippen MR) is 134 cm³/mol. The summed E-state index contributed by atoms with van der Waals surface area (Å²) in [6.45, 7) is 1.54. The van der Waals surface area contributed by atoms with Crippen LogP contribution < -0.4 is 0 Å². The number of likely N-dealkylation sites (tertiary alicyclic amines) is 1. The molecule has 5 rings (SSSR count). The highest BCUT2D eigenvalue weighted by Crippen LogP contribution is 2.36. The van der Waals surface area contributed by atoms with Gasteiger partial charge in [0.05, 0.1) is 34.8 Å². The van der Waals surface area contributed by atoms with Crippen molar-refractivity contribution in [2.45, 2.75) is 31.6 Å². The number of likely N-dealkylation sites (N-methyl/N-ethyl adjacent to an activating group) is 1. The van der Waals surface area contributed by atoms with Crippen LogP contribution in [0.5, 0.6) is 0 Å². The zero-order chi connectivity index (χ0) is 25.6. The Morgan fingerprint density at radius 1 is 1.19 bits per heavy atom. The van der Waals surface area contributed by atoms with E-state index in [0.29, 0.717) is 27.9 Å². The molecule has 6 nitrogen and oxygen atoms in total. The minimum atomic E-state index is -4.54. The van der Waals surface area contributed by atoms with Crippen LogP contribution in [0.25, 0.3) is 17.0 Å². The molecule has 2 amide bonds. The van der Waals surface area contributed by atoms with Crippen LogP contribution in [0.1, 0.15) is 29.5 Å². The highest BCUT2D eigenvalue weighted by molar-refractivity contribution is 8.18. The molecule has 11 heteroatoms. The Hall–Kier alpha value is -2.82. The lowest BCUT2D eigenvalue weighted by molar-refractivity contribution is -0.138. The normalized spacial score (nSPS) is 20.8. The fraction of sp³-hybridized carbons (Fsp3) is 0.320. The highest BCUT2D eigenvalue weighted by atomic mass is 35.5. The van der Waals surface area contributed by atoms with Crippen molar-refractivity contribution >= 4 is 51.5 Å². The lowest BCUT2D eigenvalue weighted by Gasteiger charge is -2.33. The molecule has 188 valence electrons. The van der Waals surface area contributed by atoms with E-state index in [1.54, 1.807) is 30.5 Å². The minimum Gasteiger partial charge on any atom is -0.304 e. The minimum absolute atomic E-state index is 0.0148. The molecule has 0 spiro atoms. The van der Waals surface area contributed by atoms with E-state index >= 15 is 0 Å². The molecule has 0 aliphatic carbocycles. The number of fused-ring (bicyclic) bond motifs is 1. The standard InChI is InChI=1S/C25H22ClF3N4O2S/c1-31-8-2-3-19(14-31)33-23(34)22(36-24(33)35)10-15-4-7-21-17(9-15)12-30-32(21)13-16-5-6-18(26)11-20(16)25(27,28)29/h4-7,9-12,19H,2-3,8,13-14H2,1H3/b22-10-. The second kappa shape index (κ2) is 9.57. The van der Waals surface area contributed by atoms with E-state index in [1.165, 1.54) is 21.7 Å². The summed E-state index contributed by atoms with van der Waals surface area (Å²) in [6.07, 6.45) is 0.439. The molecule has 2 aliphatic heterocycles. The number of hydrogen-bond acceptors (Lipinski definition) is 5. The first-order chi connectivity index (χ1) is 17.1. The van der Waals surface area contributed by atoms with Crippen molar-refractivity contribution in [3.05, 3.63) is 69.2 Å². The number of carbonyl (C=O) groups excluding carboxylic acids is 2. The van der Waals surface area contributed by atoms with Gasteiger partial charge in [-0.1, -0.05) is 23.7 Å². The molecule has 1 atom stereocenters. The Balaban J connectivity index is 1.39. The van der Waals surface area contributed by atoms with Crippen LogP contribution in [0.2, 0.25) is 5.02 Å². The third-order valence-corrected chi connectivity index (χ3v) is 7.57. The average Bonchev–Trinajstić information content (AvgIpc) is 3.33. The molecule has 3 heterocycles. The molecule has 2 saturated heterocycles. The smallest absolute Gasteiger partial charge is 0.304 e. The van der Waals surface area contributed by atoms with Crippen molar-refractivity contribution in [2.24, 2.45) is 0 Å². The molecular formula is C25H22ClF3N4O2S. The lowest BCUT2D eigenvalue weighted by Crippen LogP contribution is -2.48. The van der Waals surface area contributed by atoms with E-state index in [1.807, 2.05) is 7.05 Å². The molecule has 36 heavy (non-hydrogen) atoms. The first-order valence-corrected chi connectivity index (χ1v) is 12.6. The van der Waals surface area contributed by atoms with Crippen molar-refractivity contribution in [3.63, 3.8) is 0 Å². The average molecular weight is 535 g/mol. The summed E-state index contributed by atoms with van der Waals surface area (Å²) in [5.74, 6) is -0.288. The first-order valence-electron chi connectivity index (χ1n) is 11.4. The largest absolute Gasteiger partial charge is 0.416 e. The van der Waals surface area contributed by atoms with E-state index < -0.39 is 11.7 Å². The number of thioether (sulfide) groups is 1. The van der Waals surface area contributed by atoms with Gasteiger partial charge in [0, 0.05) is 17.0 Å². The molecule has 2 aliphatic rings.